The Morgan fingerprint density at radius 2 is 2.33 bits per heavy atom. The van der Waals surface area contributed by atoms with Crippen LogP contribution in [0.1, 0.15) is 25.6 Å². The molecule has 1 aromatic heterocycles. The molecule has 0 spiro atoms. The molecule has 1 atom stereocenters. The number of rotatable bonds is 2. The molecule has 0 bridgehead atoms. The van der Waals surface area contributed by atoms with Crippen molar-refractivity contribution >= 4 is 11.0 Å². The Morgan fingerprint density at radius 3 is 2.94 bits per heavy atom. The average Bonchev–Trinajstić information content (AvgIpc) is 2.97. The number of aromatic nitrogens is 2. The van der Waals surface area contributed by atoms with Gasteiger partial charge in [0, 0.05) is 19.0 Å². The molecule has 1 N–H and O–H groups in total. The summed E-state index contributed by atoms with van der Waals surface area (Å²) in [7, 11) is 1.99. The van der Waals surface area contributed by atoms with Crippen LogP contribution in [0.4, 0.5) is 4.39 Å². The van der Waals surface area contributed by atoms with Gasteiger partial charge in [-0.1, -0.05) is 13.0 Å². The fourth-order valence-corrected chi connectivity index (χ4v) is 3.05. The first-order valence-electron chi connectivity index (χ1n) is 6.50. The van der Waals surface area contributed by atoms with Crippen molar-refractivity contribution in [1.82, 2.24) is 14.9 Å². The van der Waals surface area contributed by atoms with E-state index in [1.807, 2.05) is 13.1 Å². The number of halogens is 1. The Hall–Kier alpha value is -1.42. The van der Waals surface area contributed by atoms with E-state index in [1.165, 1.54) is 6.07 Å². The third kappa shape index (κ3) is 1.48. The lowest BCUT2D eigenvalue weighted by atomic mass is 9.83. The molecule has 0 saturated carbocycles. The van der Waals surface area contributed by atoms with Crippen molar-refractivity contribution in [2.75, 3.05) is 13.1 Å². The Kier molecular flexibility index (Phi) is 2.63. The summed E-state index contributed by atoms with van der Waals surface area (Å²) in [6, 6.07) is 5.15. The topological polar surface area (TPSA) is 29.9 Å². The Bertz CT molecular complexity index is 582. The van der Waals surface area contributed by atoms with E-state index in [0.717, 1.165) is 37.3 Å². The van der Waals surface area contributed by atoms with Crippen molar-refractivity contribution in [3.63, 3.8) is 0 Å². The van der Waals surface area contributed by atoms with Gasteiger partial charge in [0.1, 0.15) is 11.3 Å². The summed E-state index contributed by atoms with van der Waals surface area (Å²) in [5.74, 6) is 0.779. The van der Waals surface area contributed by atoms with E-state index in [4.69, 9.17) is 0 Å². The highest BCUT2D eigenvalue weighted by Gasteiger charge is 2.38. The van der Waals surface area contributed by atoms with Gasteiger partial charge in [0.25, 0.3) is 0 Å². The van der Waals surface area contributed by atoms with Crippen LogP contribution >= 0.6 is 0 Å². The van der Waals surface area contributed by atoms with E-state index < -0.39 is 0 Å². The molecule has 0 aliphatic carbocycles. The third-order valence-corrected chi connectivity index (χ3v) is 4.26. The number of hydrogen-bond donors (Lipinski definition) is 1. The summed E-state index contributed by atoms with van der Waals surface area (Å²) in [6.07, 6.45) is 2.10. The maximum Gasteiger partial charge on any atom is 0.151 e. The molecule has 1 fully saturated rings. The minimum atomic E-state index is -0.230. The monoisotopic (exact) mass is 247 g/mol. The maximum absolute atomic E-state index is 13.8. The minimum Gasteiger partial charge on any atom is -0.331 e. The van der Waals surface area contributed by atoms with Crippen molar-refractivity contribution in [1.29, 1.82) is 0 Å². The van der Waals surface area contributed by atoms with Gasteiger partial charge in [0.2, 0.25) is 0 Å². The number of para-hydroxylation sites is 1. The highest BCUT2D eigenvalue weighted by atomic mass is 19.1. The van der Waals surface area contributed by atoms with Crippen LogP contribution in [0, 0.1) is 5.82 Å². The van der Waals surface area contributed by atoms with Gasteiger partial charge < -0.3 is 9.88 Å². The molecule has 0 amide bonds. The molecule has 96 valence electrons. The van der Waals surface area contributed by atoms with Gasteiger partial charge in [-0.25, -0.2) is 9.37 Å². The molecular weight excluding hydrogens is 229 g/mol. The SMILES string of the molecule is CCC1(c2nc3c(F)cccc3n2C)CCNC1. The van der Waals surface area contributed by atoms with E-state index in [1.54, 1.807) is 6.07 Å². The third-order valence-electron chi connectivity index (χ3n) is 4.26. The number of nitrogens with zero attached hydrogens (tertiary/aromatic N) is 2. The van der Waals surface area contributed by atoms with E-state index in [0.29, 0.717) is 5.52 Å². The minimum absolute atomic E-state index is 0.0558. The molecule has 3 rings (SSSR count). The lowest BCUT2D eigenvalue weighted by Gasteiger charge is -2.25. The largest absolute Gasteiger partial charge is 0.331 e. The van der Waals surface area contributed by atoms with E-state index in [2.05, 4.69) is 21.8 Å². The highest BCUT2D eigenvalue weighted by molar-refractivity contribution is 5.76. The van der Waals surface area contributed by atoms with Crippen LogP contribution in [0.25, 0.3) is 11.0 Å². The second-order valence-corrected chi connectivity index (χ2v) is 5.16. The number of nitrogens with one attached hydrogen (secondary N) is 1. The normalized spacial score (nSPS) is 23.9. The Balaban J connectivity index is 2.23. The number of aryl methyl sites for hydroxylation is 1. The lowest BCUT2D eigenvalue weighted by molar-refractivity contribution is 0.415. The summed E-state index contributed by atoms with van der Waals surface area (Å²) in [5, 5.41) is 3.40. The summed E-state index contributed by atoms with van der Waals surface area (Å²) >= 11 is 0. The van der Waals surface area contributed by atoms with Gasteiger partial charge in [0.05, 0.1) is 5.52 Å². The second-order valence-electron chi connectivity index (χ2n) is 5.16. The Morgan fingerprint density at radius 1 is 1.50 bits per heavy atom. The highest BCUT2D eigenvalue weighted by Crippen LogP contribution is 2.35. The van der Waals surface area contributed by atoms with Crippen LogP contribution in [-0.2, 0) is 12.5 Å². The molecule has 18 heavy (non-hydrogen) atoms. The van der Waals surface area contributed by atoms with Crippen molar-refractivity contribution in [2.24, 2.45) is 7.05 Å². The lowest BCUT2D eigenvalue weighted by Crippen LogP contribution is -2.31. The van der Waals surface area contributed by atoms with Crippen molar-refractivity contribution < 1.29 is 4.39 Å². The Labute approximate surface area is 106 Å². The molecule has 0 radical (unpaired) electrons. The van der Waals surface area contributed by atoms with Crippen LogP contribution in [0.2, 0.25) is 0 Å². The summed E-state index contributed by atoms with van der Waals surface area (Å²) in [5.41, 5.74) is 1.43. The standard InChI is InChI=1S/C14H18FN3/c1-3-14(7-8-16-9-14)13-17-12-10(15)5-4-6-11(12)18(13)2/h4-6,16H,3,7-9H2,1-2H3. The van der Waals surface area contributed by atoms with Crippen LogP contribution in [0.15, 0.2) is 18.2 Å². The van der Waals surface area contributed by atoms with Gasteiger partial charge in [0.15, 0.2) is 5.82 Å². The molecule has 1 saturated heterocycles. The molecule has 1 aliphatic heterocycles. The summed E-state index contributed by atoms with van der Waals surface area (Å²) < 4.78 is 15.9. The molecule has 1 unspecified atom stereocenters. The van der Waals surface area contributed by atoms with Crippen LogP contribution in [0.3, 0.4) is 0 Å². The van der Waals surface area contributed by atoms with E-state index >= 15 is 0 Å². The quantitative estimate of drug-likeness (QED) is 0.883. The first-order valence-corrected chi connectivity index (χ1v) is 6.50. The van der Waals surface area contributed by atoms with Gasteiger partial charge >= 0.3 is 0 Å². The number of imidazole rings is 1. The van der Waals surface area contributed by atoms with Crippen molar-refractivity contribution in [3.05, 3.63) is 29.8 Å². The van der Waals surface area contributed by atoms with Crippen LogP contribution < -0.4 is 5.32 Å². The van der Waals surface area contributed by atoms with Gasteiger partial charge in [-0.2, -0.15) is 0 Å². The number of hydrogen-bond acceptors (Lipinski definition) is 2. The molecule has 2 heterocycles. The number of fused-ring (bicyclic) bond motifs is 1. The van der Waals surface area contributed by atoms with Crippen LogP contribution in [-0.4, -0.2) is 22.6 Å². The maximum atomic E-state index is 13.8. The molecule has 1 aromatic carbocycles. The fourth-order valence-electron chi connectivity index (χ4n) is 3.05. The van der Waals surface area contributed by atoms with E-state index in [9.17, 15) is 4.39 Å². The molecule has 2 aromatic rings. The number of benzene rings is 1. The zero-order valence-electron chi connectivity index (χ0n) is 10.8. The average molecular weight is 247 g/mol. The predicted molar refractivity (Wildman–Crippen MR) is 70.1 cm³/mol. The molecule has 3 nitrogen and oxygen atoms in total. The predicted octanol–water partition coefficient (Wildman–Crippen LogP) is 2.35. The van der Waals surface area contributed by atoms with Crippen LogP contribution in [0.5, 0.6) is 0 Å². The zero-order valence-corrected chi connectivity index (χ0v) is 10.8. The summed E-state index contributed by atoms with van der Waals surface area (Å²) in [6.45, 7) is 4.13. The smallest absolute Gasteiger partial charge is 0.151 e. The molecule has 1 aliphatic rings. The first-order chi connectivity index (χ1) is 8.68. The van der Waals surface area contributed by atoms with Gasteiger partial charge in [-0.15, -0.1) is 0 Å². The van der Waals surface area contributed by atoms with Crippen molar-refractivity contribution in [2.45, 2.75) is 25.2 Å². The fraction of sp³-hybridized carbons (Fsp3) is 0.500. The first kappa shape index (κ1) is 11.7. The second kappa shape index (κ2) is 4.05. The molecule has 4 heteroatoms. The zero-order chi connectivity index (χ0) is 12.8. The van der Waals surface area contributed by atoms with Gasteiger partial charge in [-0.05, 0) is 31.5 Å². The van der Waals surface area contributed by atoms with Crippen molar-refractivity contribution in [3.8, 4) is 0 Å². The van der Waals surface area contributed by atoms with E-state index in [-0.39, 0.29) is 11.2 Å². The summed E-state index contributed by atoms with van der Waals surface area (Å²) in [4.78, 5) is 4.58. The van der Waals surface area contributed by atoms with Gasteiger partial charge in [-0.3, -0.25) is 0 Å². The molecular formula is C14H18FN3.